The lowest BCUT2D eigenvalue weighted by molar-refractivity contribution is 0.415. The molecular weight excluding hydrogens is 254 g/mol. The van der Waals surface area contributed by atoms with E-state index in [1.807, 2.05) is 18.2 Å². The van der Waals surface area contributed by atoms with Crippen LogP contribution in [-0.2, 0) is 0 Å². The van der Waals surface area contributed by atoms with E-state index >= 15 is 0 Å². The highest BCUT2D eigenvalue weighted by molar-refractivity contribution is 5.94. The third kappa shape index (κ3) is 2.25. The third-order valence-corrected chi connectivity index (χ3v) is 2.72. The zero-order valence-corrected chi connectivity index (χ0v) is 10.6. The summed E-state index contributed by atoms with van der Waals surface area (Å²) in [6, 6.07) is 10.5. The number of aromatic amines is 1. The van der Waals surface area contributed by atoms with Crippen molar-refractivity contribution < 1.29 is 4.74 Å². The third-order valence-electron chi connectivity index (χ3n) is 2.72. The SMILES string of the molecule is COc1cc(NC(C#N)=C(C#N)C#N)c2cc[nH]c2c1. The van der Waals surface area contributed by atoms with Gasteiger partial charge in [0, 0.05) is 23.7 Å². The van der Waals surface area contributed by atoms with Gasteiger partial charge in [-0.2, -0.15) is 15.8 Å². The number of anilines is 1. The van der Waals surface area contributed by atoms with E-state index in [-0.39, 0.29) is 11.3 Å². The first-order chi connectivity index (χ1) is 9.73. The minimum absolute atomic E-state index is 0.0919. The number of hydrogen-bond donors (Lipinski definition) is 2. The first-order valence-electron chi connectivity index (χ1n) is 5.60. The van der Waals surface area contributed by atoms with Crippen molar-refractivity contribution in [2.75, 3.05) is 12.4 Å². The fourth-order valence-corrected chi connectivity index (χ4v) is 1.78. The monoisotopic (exact) mass is 263 g/mol. The molecule has 6 nitrogen and oxygen atoms in total. The number of aromatic nitrogens is 1. The quantitative estimate of drug-likeness (QED) is 0.826. The predicted molar refractivity (Wildman–Crippen MR) is 72.3 cm³/mol. The largest absolute Gasteiger partial charge is 0.497 e. The van der Waals surface area contributed by atoms with Gasteiger partial charge in [-0.15, -0.1) is 0 Å². The molecule has 0 aliphatic carbocycles. The highest BCUT2D eigenvalue weighted by Gasteiger charge is 2.10. The number of nitriles is 3. The van der Waals surface area contributed by atoms with Crippen LogP contribution in [0.4, 0.5) is 5.69 Å². The Morgan fingerprint density at radius 1 is 1.20 bits per heavy atom. The van der Waals surface area contributed by atoms with Gasteiger partial charge in [0.05, 0.1) is 18.3 Å². The number of benzene rings is 1. The van der Waals surface area contributed by atoms with Crippen LogP contribution in [0.15, 0.2) is 35.7 Å². The molecular formula is C14H9N5O. The smallest absolute Gasteiger partial charge is 0.163 e. The summed E-state index contributed by atoms with van der Waals surface area (Å²) in [5.41, 5.74) is 1.05. The molecule has 0 saturated carbocycles. The van der Waals surface area contributed by atoms with Crippen LogP contribution in [0.5, 0.6) is 5.75 Å². The predicted octanol–water partition coefficient (Wildman–Crippen LogP) is 2.41. The molecule has 0 unspecified atom stereocenters. The minimum atomic E-state index is -0.265. The van der Waals surface area contributed by atoms with Gasteiger partial charge in [-0.05, 0) is 6.07 Å². The van der Waals surface area contributed by atoms with E-state index in [2.05, 4.69) is 10.3 Å². The molecule has 0 aliphatic rings. The number of fused-ring (bicyclic) bond motifs is 1. The highest BCUT2D eigenvalue weighted by Crippen LogP contribution is 2.29. The van der Waals surface area contributed by atoms with Gasteiger partial charge in [0.1, 0.15) is 29.7 Å². The van der Waals surface area contributed by atoms with Crippen LogP contribution in [0.1, 0.15) is 0 Å². The van der Waals surface area contributed by atoms with Crippen molar-refractivity contribution >= 4 is 16.6 Å². The van der Waals surface area contributed by atoms with Gasteiger partial charge in [0.25, 0.3) is 0 Å². The summed E-state index contributed by atoms with van der Waals surface area (Å²) in [6.07, 6.45) is 1.75. The van der Waals surface area contributed by atoms with Crippen LogP contribution in [-0.4, -0.2) is 12.1 Å². The van der Waals surface area contributed by atoms with Crippen molar-refractivity contribution in [3.8, 4) is 24.0 Å². The van der Waals surface area contributed by atoms with Crippen LogP contribution >= 0.6 is 0 Å². The van der Waals surface area contributed by atoms with Crippen molar-refractivity contribution in [2.24, 2.45) is 0 Å². The molecule has 0 aliphatic heterocycles. The summed E-state index contributed by atoms with van der Waals surface area (Å²) >= 11 is 0. The Kier molecular flexibility index (Phi) is 3.56. The van der Waals surface area contributed by atoms with Gasteiger partial charge >= 0.3 is 0 Å². The maximum Gasteiger partial charge on any atom is 0.163 e. The first kappa shape index (κ1) is 13.0. The number of rotatable bonds is 3. The number of nitrogens with one attached hydrogen (secondary N) is 2. The number of hydrogen-bond acceptors (Lipinski definition) is 5. The summed E-state index contributed by atoms with van der Waals surface area (Å²) in [4.78, 5) is 3.03. The lowest BCUT2D eigenvalue weighted by Crippen LogP contribution is -2.01. The average molecular weight is 263 g/mol. The topological polar surface area (TPSA) is 108 Å². The fourth-order valence-electron chi connectivity index (χ4n) is 1.78. The molecule has 0 radical (unpaired) electrons. The lowest BCUT2D eigenvalue weighted by atomic mass is 10.2. The zero-order valence-electron chi connectivity index (χ0n) is 10.6. The molecule has 20 heavy (non-hydrogen) atoms. The van der Waals surface area contributed by atoms with Gasteiger partial charge in [-0.1, -0.05) is 0 Å². The molecule has 1 aromatic heterocycles. The molecule has 2 aromatic rings. The fraction of sp³-hybridized carbons (Fsp3) is 0.0714. The van der Waals surface area contributed by atoms with Gasteiger partial charge in [-0.25, -0.2) is 0 Å². The maximum absolute atomic E-state index is 9.06. The average Bonchev–Trinajstić information content (AvgIpc) is 2.95. The molecule has 6 heteroatoms. The van der Waals surface area contributed by atoms with Crippen LogP contribution in [0.2, 0.25) is 0 Å². The number of methoxy groups -OCH3 is 1. The molecule has 1 aromatic carbocycles. The van der Waals surface area contributed by atoms with Crippen LogP contribution in [0.3, 0.4) is 0 Å². The van der Waals surface area contributed by atoms with E-state index in [1.165, 1.54) is 7.11 Å². The van der Waals surface area contributed by atoms with Gasteiger partial charge < -0.3 is 15.0 Å². The molecule has 0 bridgehead atoms. The summed E-state index contributed by atoms with van der Waals surface area (Å²) < 4.78 is 5.17. The summed E-state index contributed by atoms with van der Waals surface area (Å²) in [6.45, 7) is 0. The Labute approximate surface area is 115 Å². The molecule has 0 fully saturated rings. The second-order valence-corrected chi connectivity index (χ2v) is 3.82. The molecule has 2 rings (SSSR count). The number of allylic oxidation sites excluding steroid dienone is 2. The Balaban J connectivity index is 2.57. The van der Waals surface area contributed by atoms with Crippen molar-refractivity contribution in [1.29, 1.82) is 15.8 Å². The van der Waals surface area contributed by atoms with Crippen molar-refractivity contribution in [1.82, 2.24) is 4.98 Å². The maximum atomic E-state index is 9.06. The highest BCUT2D eigenvalue weighted by atomic mass is 16.5. The normalized spacial score (nSPS) is 9.10. The minimum Gasteiger partial charge on any atom is -0.497 e. The molecule has 1 heterocycles. The van der Waals surface area contributed by atoms with Crippen LogP contribution < -0.4 is 10.1 Å². The first-order valence-corrected chi connectivity index (χ1v) is 5.60. The van der Waals surface area contributed by atoms with Crippen molar-refractivity contribution in [2.45, 2.75) is 0 Å². The van der Waals surface area contributed by atoms with E-state index < -0.39 is 0 Å². The summed E-state index contributed by atoms with van der Waals surface area (Å²) in [7, 11) is 1.53. The molecule has 0 saturated heterocycles. The Morgan fingerprint density at radius 2 is 1.95 bits per heavy atom. The van der Waals surface area contributed by atoms with E-state index in [0.29, 0.717) is 11.4 Å². The summed E-state index contributed by atoms with van der Waals surface area (Å²) in [5.74, 6) is 0.593. The molecule has 0 atom stereocenters. The van der Waals surface area contributed by atoms with Gasteiger partial charge in [0.2, 0.25) is 0 Å². The van der Waals surface area contributed by atoms with Gasteiger partial charge in [0.15, 0.2) is 5.57 Å². The van der Waals surface area contributed by atoms with E-state index in [1.54, 1.807) is 24.4 Å². The van der Waals surface area contributed by atoms with E-state index in [4.69, 9.17) is 20.5 Å². The molecule has 0 amide bonds. The number of nitrogens with zero attached hydrogens (tertiary/aromatic N) is 3. The Bertz CT molecular complexity index is 795. The number of ether oxygens (including phenoxy) is 1. The lowest BCUT2D eigenvalue weighted by Gasteiger charge is -2.09. The summed E-state index contributed by atoms with van der Waals surface area (Å²) in [5, 5.41) is 30.3. The number of H-pyrrole nitrogens is 1. The second kappa shape index (κ2) is 5.48. The molecule has 2 N–H and O–H groups in total. The van der Waals surface area contributed by atoms with E-state index in [9.17, 15) is 0 Å². The Hall–Kier alpha value is -3.43. The van der Waals surface area contributed by atoms with Crippen molar-refractivity contribution in [3.05, 3.63) is 35.7 Å². The van der Waals surface area contributed by atoms with Crippen LogP contribution in [0, 0.1) is 34.0 Å². The Morgan fingerprint density at radius 3 is 2.55 bits per heavy atom. The van der Waals surface area contributed by atoms with Crippen molar-refractivity contribution in [3.63, 3.8) is 0 Å². The second-order valence-electron chi connectivity index (χ2n) is 3.82. The zero-order chi connectivity index (χ0) is 14.5. The van der Waals surface area contributed by atoms with Crippen LogP contribution in [0.25, 0.3) is 10.9 Å². The molecule has 0 spiro atoms. The standard InChI is InChI=1S/C14H9N5O/c1-20-10-4-12-11(2-3-18-12)13(5-10)19-14(8-17)9(6-15)7-16/h2-5,18-19H,1H3. The van der Waals surface area contributed by atoms with E-state index in [0.717, 1.165) is 10.9 Å². The van der Waals surface area contributed by atoms with Gasteiger partial charge in [-0.3, -0.25) is 0 Å². The molecule has 96 valence electrons.